The molecule has 1 amide bonds. The maximum atomic E-state index is 12.1. The molecule has 0 aromatic heterocycles. The van der Waals surface area contributed by atoms with Gasteiger partial charge in [0.05, 0.1) is 0 Å². The molecule has 1 fully saturated rings. The summed E-state index contributed by atoms with van der Waals surface area (Å²) in [5.41, 5.74) is 5.02. The van der Waals surface area contributed by atoms with Gasteiger partial charge in [0.15, 0.2) is 0 Å². The van der Waals surface area contributed by atoms with Crippen molar-refractivity contribution in [3.63, 3.8) is 0 Å². The molecular formula is C15H24N4O. The molecule has 0 radical (unpaired) electrons. The van der Waals surface area contributed by atoms with E-state index in [1.165, 1.54) is 6.42 Å². The first-order chi connectivity index (χ1) is 9.65. The number of carbonyl (C=O) groups is 1. The number of rotatable bonds is 6. The molecule has 5 heteroatoms. The first-order valence-corrected chi connectivity index (χ1v) is 7.16. The lowest BCUT2D eigenvalue weighted by Gasteiger charge is -2.13. The summed E-state index contributed by atoms with van der Waals surface area (Å²) in [5, 5.41) is 8.28. The molecule has 110 valence electrons. The molecule has 1 aromatic carbocycles. The predicted molar refractivity (Wildman–Crippen MR) is 80.3 cm³/mol. The second-order valence-electron chi connectivity index (χ2n) is 5.43. The van der Waals surface area contributed by atoms with Crippen LogP contribution in [0.15, 0.2) is 24.3 Å². The molecule has 0 saturated carbocycles. The van der Waals surface area contributed by atoms with E-state index in [0.717, 1.165) is 30.6 Å². The topological polar surface area (TPSA) is 56.4 Å². The van der Waals surface area contributed by atoms with Gasteiger partial charge in [0.1, 0.15) is 0 Å². The maximum absolute atomic E-state index is 12.1. The van der Waals surface area contributed by atoms with Crippen molar-refractivity contribution >= 4 is 5.91 Å². The van der Waals surface area contributed by atoms with Crippen LogP contribution >= 0.6 is 0 Å². The number of amides is 1. The predicted octanol–water partition coefficient (Wildman–Crippen LogP) is 0.735. The standard InChI is InChI=1S/C15H24N4O/c1-19(2)18-10-12-5-3-6-13(9-12)15(20)17-11-14-7-4-8-16-14/h3,5-6,9,14,16,18H,4,7-8,10-11H2,1-2H3,(H,17,20)/t14-/m1/s1. The van der Waals surface area contributed by atoms with Gasteiger partial charge in [0.25, 0.3) is 5.91 Å². The maximum Gasteiger partial charge on any atom is 0.251 e. The minimum atomic E-state index is 0.00500. The first kappa shape index (κ1) is 15.0. The van der Waals surface area contributed by atoms with Gasteiger partial charge in [-0.05, 0) is 37.1 Å². The third-order valence-corrected chi connectivity index (χ3v) is 3.46. The van der Waals surface area contributed by atoms with Crippen LogP contribution in [0.5, 0.6) is 0 Å². The van der Waals surface area contributed by atoms with E-state index in [4.69, 9.17) is 0 Å². The van der Waals surface area contributed by atoms with Crippen LogP contribution in [0.3, 0.4) is 0 Å². The highest BCUT2D eigenvalue weighted by Gasteiger charge is 2.15. The van der Waals surface area contributed by atoms with Crippen molar-refractivity contribution in [3.8, 4) is 0 Å². The van der Waals surface area contributed by atoms with Gasteiger partial charge < -0.3 is 10.6 Å². The van der Waals surface area contributed by atoms with Crippen LogP contribution in [0.2, 0.25) is 0 Å². The smallest absolute Gasteiger partial charge is 0.251 e. The molecule has 3 N–H and O–H groups in total. The second-order valence-corrected chi connectivity index (χ2v) is 5.43. The molecule has 0 unspecified atom stereocenters. The van der Waals surface area contributed by atoms with Gasteiger partial charge in [-0.1, -0.05) is 12.1 Å². The monoisotopic (exact) mass is 276 g/mol. The molecule has 2 rings (SSSR count). The summed E-state index contributed by atoms with van der Waals surface area (Å²) >= 11 is 0. The van der Waals surface area contributed by atoms with Crippen LogP contribution in [0.4, 0.5) is 0 Å². The second kappa shape index (κ2) is 7.38. The molecule has 1 heterocycles. The van der Waals surface area contributed by atoms with E-state index in [9.17, 15) is 4.79 Å². The molecule has 1 aliphatic rings. The molecule has 1 atom stereocenters. The van der Waals surface area contributed by atoms with Gasteiger partial charge in [-0.3, -0.25) is 15.2 Å². The Kier molecular flexibility index (Phi) is 5.52. The highest BCUT2D eigenvalue weighted by molar-refractivity contribution is 5.94. The molecular weight excluding hydrogens is 252 g/mol. The Hall–Kier alpha value is -1.43. The summed E-state index contributed by atoms with van der Waals surface area (Å²) in [6, 6.07) is 8.17. The lowest BCUT2D eigenvalue weighted by Crippen LogP contribution is -2.37. The normalized spacial score (nSPS) is 18.4. The Labute approximate surface area is 120 Å². The zero-order valence-electron chi connectivity index (χ0n) is 12.3. The van der Waals surface area contributed by atoms with E-state index in [-0.39, 0.29) is 5.91 Å². The van der Waals surface area contributed by atoms with E-state index in [0.29, 0.717) is 12.6 Å². The molecule has 0 bridgehead atoms. The number of hydrogen-bond donors (Lipinski definition) is 3. The average molecular weight is 276 g/mol. The van der Waals surface area contributed by atoms with E-state index in [1.54, 1.807) is 0 Å². The van der Waals surface area contributed by atoms with Gasteiger partial charge in [0, 0.05) is 38.8 Å². The number of nitrogens with one attached hydrogen (secondary N) is 3. The molecule has 1 aliphatic heterocycles. The van der Waals surface area contributed by atoms with E-state index in [2.05, 4.69) is 16.1 Å². The minimum Gasteiger partial charge on any atom is -0.350 e. The van der Waals surface area contributed by atoms with Crippen molar-refractivity contribution < 1.29 is 4.79 Å². The highest BCUT2D eigenvalue weighted by Crippen LogP contribution is 2.07. The number of nitrogens with zero attached hydrogens (tertiary/aromatic N) is 1. The van der Waals surface area contributed by atoms with E-state index in [1.807, 2.05) is 43.4 Å². The summed E-state index contributed by atoms with van der Waals surface area (Å²) in [4.78, 5) is 12.1. The Morgan fingerprint density at radius 1 is 1.45 bits per heavy atom. The zero-order chi connectivity index (χ0) is 14.4. The van der Waals surface area contributed by atoms with Gasteiger partial charge in [-0.2, -0.15) is 0 Å². The number of benzene rings is 1. The lowest BCUT2D eigenvalue weighted by atomic mass is 10.1. The third kappa shape index (κ3) is 4.59. The molecule has 1 aromatic rings. The first-order valence-electron chi connectivity index (χ1n) is 7.16. The molecule has 1 saturated heterocycles. The van der Waals surface area contributed by atoms with Crippen LogP contribution in [0, 0.1) is 0 Å². The fraction of sp³-hybridized carbons (Fsp3) is 0.533. The van der Waals surface area contributed by atoms with Crippen LogP contribution in [-0.2, 0) is 6.54 Å². The van der Waals surface area contributed by atoms with Crippen LogP contribution in [0.25, 0.3) is 0 Å². The van der Waals surface area contributed by atoms with Crippen molar-refractivity contribution in [2.45, 2.75) is 25.4 Å². The number of carbonyl (C=O) groups excluding carboxylic acids is 1. The zero-order valence-corrected chi connectivity index (χ0v) is 12.3. The van der Waals surface area contributed by atoms with Crippen LogP contribution in [-0.4, -0.2) is 44.1 Å². The van der Waals surface area contributed by atoms with Crippen molar-refractivity contribution in [2.24, 2.45) is 0 Å². The Morgan fingerprint density at radius 3 is 3.00 bits per heavy atom. The van der Waals surface area contributed by atoms with Gasteiger partial charge >= 0.3 is 0 Å². The van der Waals surface area contributed by atoms with E-state index < -0.39 is 0 Å². The molecule has 0 spiro atoms. The largest absolute Gasteiger partial charge is 0.350 e. The molecule has 20 heavy (non-hydrogen) atoms. The van der Waals surface area contributed by atoms with Crippen LogP contribution < -0.4 is 16.1 Å². The van der Waals surface area contributed by atoms with Crippen molar-refractivity contribution in [1.82, 2.24) is 21.1 Å². The van der Waals surface area contributed by atoms with Gasteiger partial charge in [0.2, 0.25) is 0 Å². The number of hydrazine groups is 1. The third-order valence-electron chi connectivity index (χ3n) is 3.46. The quantitative estimate of drug-likeness (QED) is 0.671. The van der Waals surface area contributed by atoms with E-state index >= 15 is 0 Å². The van der Waals surface area contributed by atoms with Crippen molar-refractivity contribution in [1.29, 1.82) is 0 Å². The number of hydrogen-bond acceptors (Lipinski definition) is 4. The van der Waals surface area contributed by atoms with Crippen LogP contribution in [0.1, 0.15) is 28.8 Å². The van der Waals surface area contributed by atoms with Gasteiger partial charge in [-0.15, -0.1) is 0 Å². The summed E-state index contributed by atoms with van der Waals surface area (Å²) in [5.74, 6) is 0.00500. The highest BCUT2D eigenvalue weighted by atomic mass is 16.1. The molecule has 0 aliphatic carbocycles. The van der Waals surface area contributed by atoms with Crippen molar-refractivity contribution in [3.05, 3.63) is 35.4 Å². The molecule has 5 nitrogen and oxygen atoms in total. The minimum absolute atomic E-state index is 0.00500. The fourth-order valence-corrected chi connectivity index (χ4v) is 2.32. The van der Waals surface area contributed by atoms with Gasteiger partial charge in [-0.25, -0.2) is 0 Å². The Balaban J connectivity index is 1.86. The lowest BCUT2D eigenvalue weighted by molar-refractivity contribution is 0.0950. The summed E-state index contributed by atoms with van der Waals surface area (Å²) in [7, 11) is 3.90. The SMILES string of the molecule is CN(C)NCc1cccc(C(=O)NC[C@H]2CCCN2)c1. The Morgan fingerprint density at radius 2 is 2.30 bits per heavy atom. The summed E-state index contributed by atoms with van der Waals surface area (Å²) in [6.45, 7) is 2.49. The summed E-state index contributed by atoms with van der Waals surface area (Å²) in [6.07, 6.45) is 2.35. The fourth-order valence-electron chi connectivity index (χ4n) is 2.32. The Bertz CT molecular complexity index is 441. The average Bonchev–Trinajstić information content (AvgIpc) is 2.96. The summed E-state index contributed by atoms with van der Waals surface area (Å²) < 4.78 is 0. The van der Waals surface area contributed by atoms with Crippen molar-refractivity contribution in [2.75, 3.05) is 27.2 Å².